The largest absolute Gasteiger partial charge is 0.396 e. The lowest BCUT2D eigenvalue weighted by atomic mass is 9.48. The molecule has 4 saturated carbocycles. The minimum Gasteiger partial charge on any atom is -0.396 e. The second kappa shape index (κ2) is 7.07. The topological polar surface area (TPSA) is 40.5 Å². The van der Waals surface area contributed by atoms with E-state index in [1.54, 1.807) is 0 Å². The number of rotatable bonds is 4. The Balaban J connectivity index is 1.49. The number of fused-ring (bicyclic) bond motifs is 5. The zero-order valence-electron chi connectivity index (χ0n) is 17.4. The highest BCUT2D eigenvalue weighted by molar-refractivity contribution is 5.07. The van der Waals surface area contributed by atoms with E-state index in [1.807, 2.05) is 0 Å². The number of aliphatic hydroxyl groups excluding tert-OH is 1. The van der Waals surface area contributed by atoms with Gasteiger partial charge in [0.25, 0.3) is 0 Å². The maximum absolute atomic E-state index is 11.0. The van der Waals surface area contributed by atoms with Crippen molar-refractivity contribution in [3.8, 4) is 0 Å². The molecule has 4 rings (SSSR count). The SMILES string of the molecule is CCC[C@@]1(O)CC[C@H]2[C@H](CC[C@@H]3[C@@H]2CC[C@]2(C)[C@@H]([C@@H](C)CO)CC[C@@H]32)C1. The van der Waals surface area contributed by atoms with Gasteiger partial charge in [-0.3, -0.25) is 0 Å². The van der Waals surface area contributed by atoms with Crippen molar-refractivity contribution in [3.63, 3.8) is 0 Å². The third-order valence-electron chi connectivity index (χ3n) is 9.87. The Morgan fingerprint density at radius 3 is 2.46 bits per heavy atom. The first-order valence-corrected chi connectivity index (χ1v) is 11.7. The molecule has 4 aliphatic rings. The fourth-order valence-electron chi connectivity index (χ4n) is 8.76. The Morgan fingerprint density at radius 1 is 0.962 bits per heavy atom. The lowest BCUT2D eigenvalue weighted by molar-refractivity contribution is -0.111. The first-order chi connectivity index (χ1) is 12.4. The zero-order chi connectivity index (χ0) is 18.5. The van der Waals surface area contributed by atoms with Gasteiger partial charge < -0.3 is 10.2 Å². The van der Waals surface area contributed by atoms with Crippen LogP contribution in [0, 0.1) is 46.8 Å². The molecule has 0 aromatic carbocycles. The summed E-state index contributed by atoms with van der Waals surface area (Å²) in [4.78, 5) is 0. The fourth-order valence-corrected chi connectivity index (χ4v) is 8.76. The summed E-state index contributed by atoms with van der Waals surface area (Å²) in [5, 5.41) is 20.8. The van der Waals surface area contributed by atoms with Gasteiger partial charge in [-0.25, -0.2) is 0 Å². The molecular weight excluding hydrogens is 320 g/mol. The molecule has 0 aromatic heterocycles. The maximum atomic E-state index is 11.0. The molecule has 150 valence electrons. The number of hydrogen-bond acceptors (Lipinski definition) is 2. The van der Waals surface area contributed by atoms with Crippen LogP contribution in [-0.2, 0) is 0 Å². The van der Waals surface area contributed by atoms with Gasteiger partial charge in [0.1, 0.15) is 0 Å². The molecule has 2 N–H and O–H groups in total. The Morgan fingerprint density at radius 2 is 1.73 bits per heavy atom. The van der Waals surface area contributed by atoms with Crippen molar-refractivity contribution in [1.82, 2.24) is 0 Å². The second-order valence-electron chi connectivity index (χ2n) is 11.0. The molecule has 0 radical (unpaired) electrons. The van der Waals surface area contributed by atoms with Crippen molar-refractivity contribution in [1.29, 1.82) is 0 Å². The van der Waals surface area contributed by atoms with Gasteiger partial charge in [-0.1, -0.05) is 27.2 Å². The highest BCUT2D eigenvalue weighted by Crippen LogP contribution is 2.65. The second-order valence-corrected chi connectivity index (χ2v) is 11.0. The van der Waals surface area contributed by atoms with Crippen molar-refractivity contribution in [2.24, 2.45) is 46.8 Å². The molecule has 0 aromatic rings. The Bertz CT molecular complexity index is 504. The Labute approximate surface area is 161 Å². The van der Waals surface area contributed by atoms with Crippen molar-refractivity contribution < 1.29 is 10.2 Å². The van der Waals surface area contributed by atoms with E-state index < -0.39 is 0 Å². The summed E-state index contributed by atoms with van der Waals surface area (Å²) < 4.78 is 0. The van der Waals surface area contributed by atoms with Gasteiger partial charge in [0.15, 0.2) is 0 Å². The van der Waals surface area contributed by atoms with Gasteiger partial charge in [0, 0.05) is 6.61 Å². The molecule has 0 heterocycles. The molecule has 0 bridgehead atoms. The Kier molecular flexibility index (Phi) is 5.23. The minimum absolute atomic E-state index is 0.346. The van der Waals surface area contributed by atoms with E-state index in [0.29, 0.717) is 17.9 Å². The molecule has 0 spiro atoms. The van der Waals surface area contributed by atoms with Crippen LogP contribution in [0.15, 0.2) is 0 Å². The third-order valence-corrected chi connectivity index (χ3v) is 9.87. The summed E-state index contributed by atoms with van der Waals surface area (Å²) in [5.41, 5.74) is 0.134. The first kappa shape index (κ1) is 19.2. The lowest BCUT2D eigenvalue weighted by Gasteiger charge is -2.57. The average molecular weight is 363 g/mol. The van der Waals surface area contributed by atoms with Crippen LogP contribution in [0.2, 0.25) is 0 Å². The van der Waals surface area contributed by atoms with Gasteiger partial charge in [-0.15, -0.1) is 0 Å². The van der Waals surface area contributed by atoms with Crippen LogP contribution in [0.25, 0.3) is 0 Å². The average Bonchev–Trinajstić information content (AvgIpc) is 2.98. The zero-order valence-corrected chi connectivity index (χ0v) is 17.4. The molecule has 0 aliphatic heterocycles. The summed E-state index contributed by atoms with van der Waals surface area (Å²) in [6, 6.07) is 0. The Hall–Kier alpha value is -0.0800. The quantitative estimate of drug-likeness (QED) is 0.701. The van der Waals surface area contributed by atoms with Gasteiger partial charge in [-0.05, 0) is 111 Å². The van der Waals surface area contributed by atoms with Gasteiger partial charge in [-0.2, -0.15) is 0 Å². The van der Waals surface area contributed by atoms with Crippen LogP contribution in [0.1, 0.15) is 91.4 Å². The molecule has 0 amide bonds. The highest BCUT2D eigenvalue weighted by Gasteiger charge is 2.58. The third kappa shape index (κ3) is 2.98. The summed E-state index contributed by atoms with van der Waals surface area (Å²) in [6.07, 6.45) is 13.9. The molecule has 4 aliphatic carbocycles. The van der Waals surface area contributed by atoms with Crippen molar-refractivity contribution >= 4 is 0 Å². The van der Waals surface area contributed by atoms with Crippen molar-refractivity contribution in [2.75, 3.05) is 6.61 Å². The maximum Gasteiger partial charge on any atom is 0.0650 e. The van der Waals surface area contributed by atoms with E-state index in [1.165, 1.54) is 44.9 Å². The van der Waals surface area contributed by atoms with Crippen LogP contribution >= 0.6 is 0 Å². The van der Waals surface area contributed by atoms with Crippen LogP contribution < -0.4 is 0 Å². The molecule has 26 heavy (non-hydrogen) atoms. The summed E-state index contributed by atoms with van der Waals surface area (Å²) in [6.45, 7) is 7.43. The number of aliphatic hydroxyl groups is 2. The summed E-state index contributed by atoms with van der Waals surface area (Å²) in [5.74, 6) is 5.65. The van der Waals surface area contributed by atoms with Gasteiger partial charge in [0.2, 0.25) is 0 Å². The van der Waals surface area contributed by atoms with E-state index in [4.69, 9.17) is 0 Å². The standard InChI is InChI=1S/C24H42O2/c1-4-11-24(26)13-10-18-17(14-24)5-6-20-19(18)9-12-23(3)21(16(2)15-25)7-8-22(20)23/h16-22,25-26H,4-15H2,1-3H3/t16-,17+,18-,19+,20+,21+,22-,23+,24+/m0/s1. The van der Waals surface area contributed by atoms with Crippen LogP contribution in [0.5, 0.6) is 0 Å². The van der Waals surface area contributed by atoms with Gasteiger partial charge in [0.05, 0.1) is 5.60 Å². The molecule has 4 fully saturated rings. The smallest absolute Gasteiger partial charge is 0.0650 e. The van der Waals surface area contributed by atoms with Crippen LogP contribution in [-0.4, -0.2) is 22.4 Å². The number of hydrogen-bond donors (Lipinski definition) is 2. The molecular formula is C24H42O2. The summed E-state index contributed by atoms with van der Waals surface area (Å²) >= 11 is 0. The minimum atomic E-state index is -0.346. The van der Waals surface area contributed by atoms with E-state index in [2.05, 4.69) is 20.8 Å². The predicted octanol–water partition coefficient (Wildman–Crippen LogP) is 5.41. The van der Waals surface area contributed by atoms with Crippen LogP contribution in [0.4, 0.5) is 0 Å². The van der Waals surface area contributed by atoms with Crippen molar-refractivity contribution in [2.45, 2.75) is 97.0 Å². The van der Waals surface area contributed by atoms with Crippen LogP contribution in [0.3, 0.4) is 0 Å². The normalized spacial score (nSPS) is 52.0. The van der Waals surface area contributed by atoms with E-state index >= 15 is 0 Å². The highest BCUT2D eigenvalue weighted by atomic mass is 16.3. The van der Waals surface area contributed by atoms with E-state index in [9.17, 15) is 10.2 Å². The monoisotopic (exact) mass is 362 g/mol. The predicted molar refractivity (Wildman–Crippen MR) is 107 cm³/mol. The first-order valence-electron chi connectivity index (χ1n) is 11.7. The fraction of sp³-hybridized carbons (Fsp3) is 1.00. The van der Waals surface area contributed by atoms with E-state index in [0.717, 1.165) is 61.2 Å². The summed E-state index contributed by atoms with van der Waals surface area (Å²) in [7, 11) is 0. The molecule has 2 nitrogen and oxygen atoms in total. The van der Waals surface area contributed by atoms with Crippen molar-refractivity contribution in [3.05, 3.63) is 0 Å². The van der Waals surface area contributed by atoms with E-state index in [-0.39, 0.29) is 5.60 Å². The lowest BCUT2D eigenvalue weighted by Crippen LogP contribution is -2.51. The van der Waals surface area contributed by atoms with Gasteiger partial charge >= 0.3 is 0 Å². The molecule has 2 heteroatoms. The molecule has 0 unspecified atom stereocenters. The molecule has 9 atom stereocenters. The molecule has 0 saturated heterocycles.